The summed E-state index contributed by atoms with van der Waals surface area (Å²) in [4.78, 5) is 24.0. The lowest BCUT2D eigenvalue weighted by atomic mass is 10.1. The van der Waals surface area contributed by atoms with Gasteiger partial charge < -0.3 is 10.5 Å². The zero-order chi connectivity index (χ0) is 14.4. The topological polar surface area (TPSA) is 69.4 Å². The van der Waals surface area contributed by atoms with Crippen LogP contribution in [0, 0.1) is 0 Å². The number of carbonyl (C=O) groups is 2. The van der Waals surface area contributed by atoms with Crippen molar-refractivity contribution in [3.05, 3.63) is 64.4 Å². The molecule has 0 aliphatic rings. The minimum Gasteiger partial charge on any atom is -0.444 e. The second-order valence-corrected chi connectivity index (χ2v) is 4.96. The highest BCUT2D eigenvalue weighted by atomic mass is 32.1. The number of primary amides is 1. The summed E-state index contributed by atoms with van der Waals surface area (Å²) < 4.78 is 5.10. The lowest BCUT2D eigenvalue weighted by Gasteiger charge is -2.13. The maximum absolute atomic E-state index is 11.7. The number of nitrogens with two attached hydrogens (primary N) is 1. The fourth-order valence-electron chi connectivity index (χ4n) is 1.61. The molecule has 0 radical (unpaired) electrons. The van der Waals surface area contributed by atoms with Crippen LogP contribution in [0.25, 0.3) is 6.08 Å². The number of rotatable bonds is 5. The standard InChI is InChI=1S/C15H13NO3S/c16-15(18)14(11-5-2-1-3-6-11)19-13(17)9-8-12-7-4-10-20-12/h1-10,14H,(H2,16,18)/b9-8+. The number of amides is 1. The van der Waals surface area contributed by atoms with E-state index in [1.807, 2.05) is 17.5 Å². The number of hydrogen-bond donors (Lipinski definition) is 1. The summed E-state index contributed by atoms with van der Waals surface area (Å²) in [7, 11) is 0. The molecule has 2 rings (SSSR count). The van der Waals surface area contributed by atoms with Gasteiger partial charge in [-0.2, -0.15) is 0 Å². The SMILES string of the molecule is NC(=O)C(OC(=O)/C=C/c1cccs1)c1ccccc1. The molecule has 1 atom stereocenters. The second kappa shape index (κ2) is 6.68. The number of hydrogen-bond acceptors (Lipinski definition) is 4. The molecular weight excluding hydrogens is 274 g/mol. The van der Waals surface area contributed by atoms with E-state index in [1.165, 1.54) is 17.4 Å². The third kappa shape index (κ3) is 3.80. The minimum absolute atomic E-state index is 0.554. The van der Waals surface area contributed by atoms with E-state index in [4.69, 9.17) is 10.5 Å². The normalized spacial score (nSPS) is 12.2. The summed E-state index contributed by atoms with van der Waals surface area (Å²) in [5, 5.41) is 1.90. The number of benzene rings is 1. The molecule has 1 amide bonds. The van der Waals surface area contributed by atoms with E-state index in [1.54, 1.807) is 36.4 Å². The Bertz CT molecular complexity index is 605. The number of carbonyl (C=O) groups excluding carboxylic acids is 2. The van der Waals surface area contributed by atoms with Crippen molar-refractivity contribution in [1.29, 1.82) is 0 Å². The van der Waals surface area contributed by atoms with E-state index < -0.39 is 18.0 Å². The molecule has 20 heavy (non-hydrogen) atoms. The van der Waals surface area contributed by atoms with Gasteiger partial charge in [0.05, 0.1) is 0 Å². The summed E-state index contributed by atoms with van der Waals surface area (Å²) in [6.07, 6.45) is 1.84. The van der Waals surface area contributed by atoms with Gasteiger partial charge in [-0.05, 0) is 17.5 Å². The third-order valence-corrected chi connectivity index (χ3v) is 3.36. The Balaban J connectivity index is 2.05. The third-order valence-electron chi connectivity index (χ3n) is 2.52. The van der Waals surface area contributed by atoms with Gasteiger partial charge in [0.25, 0.3) is 5.91 Å². The summed E-state index contributed by atoms with van der Waals surface area (Å²) in [6, 6.07) is 12.4. The zero-order valence-corrected chi connectivity index (χ0v) is 11.4. The predicted molar refractivity (Wildman–Crippen MR) is 77.8 cm³/mol. The van der Waals surface area contributed by atoms with Gasteiger partial charge in [-0.15, -0.1) is 11.3 Å². The molecule has 0 spiro atoms. The first kappa shape index (κ1) is 14.0. The Hall–Kier alpha value is -2.40. The molecule has 1 heterocycles. The Morgan fingerprint density at radius 1 is 1.15 bits per heavy atom. The summed E-state index contributed by atoms with van der Waals surface area (Å²) >= 11 is 1.50. The highest BCUT2D eigenvalue weighted by Gasteiger charge is 2.21. The Labute approximate surface area is 120 Å². The Morgan fingerprint density at radius 3 is 2.50 bits per heavy atom. The van der Waals surface area contributed by atoms with Crippen molar-refractivity contribution in [2.45, 2.75) is 6.10 Å². The Morgan fingerprint density at radius 2 is 1.90 bits per heavy atom. The van der Waals surface area contributed by atoms with Crippen molar-refractivity contribution in [2.75, 3.05) is 0 Å². The molecule has 2 N–H and O–H groups in total. The average Bonchev–Trinajstić information content (AvgIpc) is 2.96. The molecule has 0 fully saturated rings. The van der Waals surface area contributed by atoms with Crippen LogP contribution in [0.5, 0.6) is 0 Å². The first-order valence-corrected chi connectivity index (χ1v) is 6.81. The van der Waals surface area contributed by atoms with Crippen LogP contribution < -0.4 is 5.73 Å². The van der Waals surface area contributed by atoms with Gasteiger partial charge in [0, 0.05) is 16.5 Å². The molecule has 0 saturated carbocycles. The second-order valence-electron chi connectivity index (χ2n) is 3.98. The molecule has 0 aliphatic carbocycles. The maximum Gasteiger partial charge on any atom is 0.331 e. The van der Waals surface area contributed by atoms with Gasteiger partial charge in [-0.3, -0.25) is 4.79 Å². The van der Waals surface area contributed by atoms with Crippen LogP contribution in [0.1, 0.15) is 16.5 Å². The van der Waals surface area contributed by atoms with Crippen LogP contribution in [-0.4, -0.2) is 11.9 Å². The molecule has 0 aliphatic heterocycles. The van der Waals surface area contributed by atoms with Crippen molar-refractivity contribution in [3.8, 4) is 0 Å². The van der Waals surface area contributed by atoms with Crippen LogP contribution in [-0.2, 0) is 14.3 Å². The summed E-state index contributed by atoms with van der Waals surface area (Å²) in [6.45, 7) is 0. The predicted octanol–water partition coefficient (Wildman–Crippen LogP) is 2.53. The molecule has 1 unspecified atom stereocenters. The van der Waals surface area contributed by atoms with Gasteiger partial charge in [-0.25, -0.2) is 4.79 Å². The monoisotopic (exact) mass is 287 g/mol. The number of esters is 1. The van der Waals surface area contributed by atoms with Crippen molar-refractivity contribution in [1.82, 2.24) is 0 Å². The van der Waals surface area contributed by atoms with E-state index >= 15 is 0 Å². The van der Waals surface area contributed by atoms with Crippen LogP contribution in [0.15, 0.2) is 53.9 Å². The summed E-state index contributed by atoms with van der Waals surface area (Å²) in [5.41, 5.74) is 5.82. The van der Waals surface area contributed by atoms with Crippen LogP contribution in [0.3, 0.4) is 0 Å². The fourth-order valence-corrected chi connectivity index (χ4v) is 2.23. The van der Waals surface area contributed by atoms with Crippen LogP contribution in [0.4, 0.5) is 0 Å². The van der Waals surface area contributed by atoms with Crippen molar-refractivity contribution in [2.24, 2.45) is 5.73 Å². The fraction of sp³-hybridized carbons (Fsp3) is 0.0667. The molecular formula is C15H13NO3S. The molecule has 102 valence electrons. The highest BCUT2D eigenvalue weighted by molar-refractivity contribution is 7.10. The van der Waals surface area contributed by atoms with Gasteiger partial charge in [0.1, 0.15) is 0 Å². The van der Waals surface area contributed by atoms with Crippen molar-refractivity contribution < 1.29 is 14.3 Å². The van der Waals surface area contributed by atoms with E-state index in [2.05, 4.69) is 0 Å². The smallest absolute Gasteiger partial charge is 0.331 e. The highest BCUT2D eigenvalue weighted by Crippen LogP contribution is 2.17. The van der Waals surface area contributed by atoms with Gasteiger partial charge >= 0.3 is 5.97 Å². The molecule has 5 heteroatoms. The van der Waals surface area contributed by atoms with Crippen LogP contribution in [0.2, 0.25) is 0 Å². The zero-order valence-electron chi connectivity index (χ0n) is 10.6. The number of thiophene rings is 1. The summed E-state index contributed by atoms with van der Waals surface area (Å²) in [5.74, 6) is -1.31. The Kier molecular flexibility index (Phi) is 4.68. The van der Waals surface area contributed by atoms with Gasteiger partial charge in [-0.1, -0.05) is 36.4 Å². The van der Waals surface area contributed by atoms with Crippen LogP contribution >= 0.6 is 11.3 Å². The molecule has 1 aromatic heterocycles. The minimum atomic E-state index is -1.07. The first-order valence-electron chi connectivity index (χ1n) is 5.93. The quantitative estimate of drug-likeness (QED) is 0.678. The molecule has 1 aromatic carbocycles. The first-order chi connectivity index (χ1) is 9.66. The van der Waals surface area contributed by atoms with E-state index in [0.29, 0.717) is 5.56 Å². The average molecular weight is 287 g/mol. The maximum atomic E-state index is 11.7. The number of ether oxygens (including phenoxy) is 1. The van der Waals surface area contributed by atoms with Crippen molar-refractivity contribution in [3.63, 3.8) is 0 Å². The van der Waals surface area contributed by atoms with Gasteiger partial charge in [0.2, 0.25) is 6.10 Å². The largest absolute Gasteiger partial charge is 0.444 e. The van der Waals surface area contributed by atoms with E-state index in [0.717, 1.165) is 4.88 Å². The van der Waals surface area contributed by atoms with E-state index in [-0.39, 0.29) is 0 Å². The molecule has 0 saturated heterocycles. The molecule has 4 nitrogen and oxygen atoms in total. The molecule has 0 bridgehead atoms. The molecule has 2 aromatic rings. The lowest BCUT2D eigenvalue weighted by Crippen LogP contribution is -2.25. The lowest BCUT2D eigenvalue weighted by molar-refractivity contribution is -0.150. The van der Waals surface area contributed by atoms with Crippen molar-refractivity contribution >= 4 is 29.3 Å². The van der Waals surface area contributed by atoms with E-state index in [9.17, 15) is 9.59 Å². The van der Waals surface area contributed by atoms with Gasteiger partial charge in [0.15, 0.2) is 0 Å².